The zero-order valence-corrected chi connectivity index (χ0v) is 16.6. The average molecular weight is 422 g/mol. The van der Waals surface area contributed by atoms with E-state index in [9.17, 15) is 0 Å². The number of guanidine groups is 2. The van der Waals surface area contributed by atoms with Crippen molar-refractivity contribution in [1.29, 1.82) is 0 Å². The van der Waals surface area contributed by atoms with Crippen LogP contribution < -0.4 is 16.2 Å². The molecule has 1 aliphatic heterocycles. The average Bonchev–Trinajstić information content (AvgIpc) is 2.56. The first-order valence-electron chi connectivity index (χ1n) is 8.20. The second-order valence-corrected chi connectivity index (χ2v) is 6.24. The third kappa shape index (κ3) is 4.44. The van der Waals surface area contributed by atoms with Crippen molar-refractivity contribution in [2.45, 2.75) is 25.9 Å². The molecular weight excluding hydrogens is 398 g/mol. The van der Waals surface area contributed by atoms with E-state index in [0.29, 0.717) is 19.6 Å². The Bertz CT molecular complexity index is 817. The number of ether oxygens (including phenoxy) is 1. The van der Waals surface area contributed by atoms with Crippen LogP contribution in [0.3, 0.4) is 0 Å². The van der Waals surface area contributed by atoms with Crippen molar-refractivity contribution in [3.05, 3.63) is 42.5 Å². The molecule has 0 aromatic heterocycles. The normalized spacial score (nSPS) is 15.8. The van der Waals surface area contributed by atoms with Gasteiger partial charge in [0.05, 0.1) is 13.2 Å². The minimum Gasteiger partial charge on any atom is -0.493 e. The Morgan fingerprint density at radius 1 is 1.04 bits per heavy atom. The zero-order valence-electron chi connectivity index (χ0n) is 14.9. The van der Waals surface area contributed by atoms with Gasteiger partial charge in [-0.1, -0.05) is 36.4 Å². The highest BCUT2D eigenvalue weighted by atomic mass is 79.9. The maximum atomic E-state index is 5.90. The SMILES string of the molecule is Br.CC1(C)N=C(N)N=C(N)N1OCCCOc1cccc2ccccc12. The molecule has 0 bridgehead atoms. The molecule has 2 aromatic rings. The Morgan fingerprint density at radius 3 is 2.54 bits per heavy atom. The molecule has 4 N–H and O–H groups in total. The van der Waals surface area contributed by atoms with E-state index in [1.54, 1.807) is 0 Å². The van der Waals surface area contributed by atoms with Gasteiger partial charge in [0.15, 0.2) is 5.66 Å². The van der Waals surface area contributed by atoms with Gasteiger partial charge in [0.1, 0.15) is 5.75 Å². The summed E-state index contributed by atoms with van der Waals surface area (Å²) in [6, 6.07) is 14.2. The van der Waals surface area contributed by atoms with Crippen molar-refractivity contribution >= 4 is 39.7 Å². The largest absolute Gasteiger partial charge is 0.493 e. The number of fused-ring (bicyclic) bond motifs is 1. The molecule has 2 aromatic carbocycles. The Labute approximate surface area is 163 Å². The number of nitrogens with two attached hydrogens (primary N) is 2. The topological polar surface area (TPSA) is 98.5 Å². The second-order valence-electron chi connectivity index (χ2n) is 6.24. The molecule has 0 amide bonds. The van der Waals surface area contributed by atoms with E-state index in [1.165, 1.54) is 5.06 Å². The third-order valence-corrected chi connectivity index (χ3v) is 3.84. The predicted octanol–water partition coefficient (Wildman–Crippen LogP) is 2.80. The lowest BCUT2D eigenvalue weighted by Gasteiger charge is -2.36. The van der Waals surface area contributed by atoms with Crippen molar-refractivity contribution in [1.82, 2.24) is 5.06 Å². The second kappa shape index (κ2) is 8.37. The van der Waals surface area contributed by atoms with Crippen LogP contribution in [0.15, 0.2) is 52.4 Å². The maximum Gasteiger partial charge on any atom is 0.226 e. The van der Waals surface area contributed by atoms with E-state index < -0.39 is 5.66 Å². The Hall–Kier alpha value is -2.32. The number of hydroxylamine groups is 2. The fourth-order valence-corrected chi connectivity index (χ4v) is 2.74. The maximum absolute atomic E-state index is 5.90. The summed E-state index contributed by atoms with van der Waals surface area (Å²) in [4.78, 5) is 13.9. The third-order valence-electron chi connectivity index (χ3n) is 3.84. The lowest BCUT2D eigenvalue weighted by Crippen LogP contribution is -2.53. The number of rotatable bonds is 6. The van der Waals surface area contributed by atoms with Gasteiger partial charge < -0.3 is 16.2 Å². The molecule has 26 heavy (non-hydrogen) atoms. The van der Waals surface area contributed by atoms with Crippen molar-refractivity contribution in [3.8, 4) is 5.75 Å². The van der Waals surface area contributed by atoms with Gasteiger partial charge in [-0.3, -0.25) is 4.84 Å². The molecule has 0 atom stereocenters. The molecule has 1 aliphatic rings. The van der Waals surface area contributed by atoms with E-state index in [4.69, 9.17) is 21.0 Å². The van der Waals surface area contributed by atoms with E-state index in [1.807, 2.05) is 38.1 Å². The van der Waals surface area contributed by atoms with E-state index in [-0.39, 0.29) is 28.9 Å². The van der Waals surface area contributed by atoms with Gasteiger partial charge in [0.2, 0.25) is 11.9 Å². The van der Waals surface area contributed by atoms with Gasteiger partial charge in [-0.25, -0.2) is 4.99 Å². The Morgan fingerprint density at radius 2 is 1.77 bits per heavy atom. The smallest absolute Gasteiger partial charge is 0.226 e. The van der Waals surface area contributed by atoms with Crippen LogP contribution in [0.4, 0.5) is 0 Å². The number of halogens is 1. The van der Waals surface area contributed by atoms with Crippen LogP contribution in [-0.2, 0) is 4.84 Å². The summed E-state index contributed by atoms with van der Waals surface area (Å²) in [5, 5.41) is 3.73. The molecule has 0 fully saturated rings. The summed E-state index contributed by atoms with van der Waals surface area (Å²) in [6.07, 6.45) is 0.697. The number of aliphatic imine (C=N–C) groups is 2. The molecule has 0 aliphatic carbocycles. The van der Waals surface area contributed by atoms with Crippen LogP contribution in [0.25, 0.3) is 10.8 Å². The van der Waals surface area contributed by atoms with Gasteiger partial charge in [-0.15, -0.1) is 17.0 Å². The van der Waals surface area contributed by atoms with E-state index in [0.717, 1.165) is 16.5 Å². The molecule has 0 saturated heterocycles. The number of benzene rings is 2. The highest BCUT2D eigenvalue weighted by Gasteiger charge is 2.32. The minimum atomic E-state index is -0.688. The first-order valence-corrected chi connectivity index (χ1v) is 8.20. The lowest BCUT2D eigenvalue weighted by molar-refractivity contribution is -0.158. The summed E-state index contributed by atoms with van der Waals surface area (Å²) in [6.45, 7) is 4.67. The Kier molecular flexibility index (Phi) is 6.44. The van der Waals surface area contributed by atoms with E-state index >= 15 is 0 Å². The summed E-state index contributed by atoms with van der Waals surface area (Å²) >= 11 is 0. The predicted molar refractivity (Wildman–Crippen MR) is 109 cm³/mol. The van der Waals surface area contributed by atoms with Gasteiger partial charge in [-0.05, 0) is 25.3 Å². The highest BCUT2D eigenvalue weighted by Crippen LogP contribution is 2.25. The molecule has 0 spiro atoms. The van der Waals surface area contributed by atoms with Crippen molar-refractivity contribution in [3.63, 3.8) is 0 Å². The lowest BCUT2D eigenvalue weighted by atomic mass is 10.1. The van der Waals surface area contributed by atoms with Crippen LogP contribution in [0, 0.1) is 0 Å². The van der Waals surface area contributed by atoms with E-state index in [2.05, 4.69) is 28.2 Å². The summed E-state index contributed by atoms with van der Waals surface area (Å²) in [5.41, 5.74) is 10.8. The molecule has 0 saturated carbocycles. The fourth-order valence-electron chi connectivity index (χ4n) is 2.74. The van der Waals surface area contributed by atoms with Gasteiger partial charge in [0.25, 0.3) is 0 Å². The summed E-state index contributed by atoms with van der Waals surface area (Å²) in [5.74, 6) is 1.23. The summed E-state index contributed by atoms with van der Waals surface area (Å²) in [7, 11) is 0. The van der Waals surface area contributed by atoms with Crippen LogP contribution in [0.5, 0.6) is 5.75 Å². The highest BCUT2D eigenvalue weighted by molar-refractivity contribution is 8.93. The fraction of sp³-hybridized carbons (Fsp3) is 0.333. The zero-order chi connectivity index (χ0) is 17.9. The van der Waals surface area contributed by atoms with Crippen LogP contribution in [0.1, 0.15) is 20.3 Å². The van der Waals surface area contributed by atoms with Gasteiger partial charge >= 0.3 is 0 Å². The molecule has 0 unspecified atom stereocenters. The molecule has 1 heterocycles. The summed E-state index contributed by atoms with van der Waals surface area (Å²) < 4.78 is 5.90. The number of hydrogen-bond acceptors (Lipinski definition) is 7. The molecule has 7 nitrogen and oxygen atoms in total. The van der Waals surface area contributed by atoms with Gasteiger partial charge in [-0.2, -0.15) is 10.1 Å². The molecule has 3 rings (SSSR count). The van der Waals surface area contributed by atoms with Crippen LogP contribution in [0.2, 0.25) is 0 Å². The number of nitrogens with zero attached hydrogens (tertiary/aromatic N) is 3. The van der Waals surface area contributed by atoms with Crippen molar-refractivity contribution in [2.24, 2.45) is 21.5 Å². The molecular formula is C18H24BrN5O2. The Balaban J connectivity index is 0.00000243. The van der Waals surface area contributed by atoms with Crippen molar-refractivity contribution in [2.75, 3.05) is 13.2 Å². The molecule has 0 radical (unpaired) electrons. The quantitative estimate of drug-likeness (QED) is 0.698. The standard InChI is InChI=1S/C18H23N5O2.BrH/c1-18(2)22-16(19)21-17(20)23(18)25-12-6-11-24-15-10-5-8-13-7-3-4-9-14(13)15;/h3-5,7-10H,6,11-12H2,1-2H3,(H4,19,20,21,22);1H. The molecule has 8 heteroatoms. The van der Waals surface area contributed by atoms with Crippen LogP contribution >= 0.6 is 17.0 Å². The van der Waals surface area contributed by atoms with Crippen molar-refractivity contribution < 1.29 is 9.57 Å². The monoisotopic (exact) mass is 421 g/mol. The van der Waals surface area contributed by atoms with Crippen LogP contribution in [-0.4, -0.2) is 35.9 Å². The molecule has 140 valence electrons. The first kappa shape index (κ1) is 20.0. The first-order chi connectivity index (χ1) is 12.0. The minimum absolute atomic E-state index is 0. The number of hydrogen-bond donors (Lipinski definition) is 2. The van der Waals surface area contributed by atoms with Gasteiger partial charge in [0, 0.05) is 11.8 Å².